The smallest absolute Gasteiger partial charge is 0.0320 e. The van der Waals surface area contributed by atoms with Crippen LogP contribution in [0.1, 0.15) is 31.9 Å². The molecular weight excluding hydrogens is 196 g/mol. The summed E-state index contributed by atoms with van der Waals surface area (Å²) < 4.78 is 0. The van der Waals surface area contributed by atoms with Gasteiger partial charge in [-0.05, 0) is 38.3 Å². The van der Waals surface area contributed by atoms with Crippen molar-refractivity contribution in [3.8, 4) is 0 Å². The van der Waals surface area contributed by atoms with E-state index in [1.165, 1.54) is 18.5 Å². The Morgan fingerprint density at radius 3 is 2.50 bits per heavy atom. The Morgan fingerprint density at radius 1 is 1.25 bits per heavy atom. The van der Waals surface area contributed by atoms with Gasteiger partial charge in [0.05, 0.1) is 0 Å². The maximum absolute atomic E-state index is 5.97. The van der Waals surface area contributed by atoms with E-state index in [2.05, 4.69) is 49.1 Å². The molecular formula is C14H22N2. The van der Waals surface area contributed by atoms with E-state index in [1.54, 1.807) is 0 Å². The van der Waals surface area contributed by atoms with Crippen molar-refractivity contribution < 1.29 is 0 Å². The van der Waals surface area contributed by atoms with E-state index in [1.807, 2.05) is 0 Å². The summed E-state index contributed by atoms with van der Waals surface area (Å²) in [5, 5.41) is 0. The van der Waals surface area contributed by atoms with Crippen molar-refractivity contribution in [3.05, 3.63) is 35.9 Å². The molecule has 0 bridgehead atoms. The van der Waals surface area contributed by atoms with Crippen molar-refractivity contribution >= 4 is 0 Å². The Kier molecular flexibility index (Phi) is 3.62. The predicted octanol–water partition coefficient (Wildman–Crippen LogP) is 2.42. The monoisotopic (exact) mass is 218 g/mol. The van der Waals surface area contributed by atoms with Gasteiger partial charge in [0.1, 0.15) is 0 Å². The third-order valence-electron chi connectivity index (χ3n) is 3.83. The van der Waals surface area contributed by atoms with Gasteiger partial charge < -0.3 is 5.73 Å². The van der Waals surface area contributed by atoms with E-state index in [4.69, 9.17) is 5.73 Å². The second-order valence-electron chi connectivity index (χ2n) is 4.99. The van der Waals surface area contributed by atoms with Gasteiger partial charge in [0, 0.05) is 18.6 Å². The maximum atomic E-state index is 5.97. The lowest BCUT2D eigenvalue weighted by Crippen LogP contribution is -2.30. The minimum Gasteiger partial charge on any atom is -0.328 e. The van der Waals surface area contributed by atoms with Crippen LogP contribution in [0.25, 0.3) is 0 Å². The van der Waals surface area contributed by atoms with Gasteiger partial charge in [-0.2, -0.15) is 0 Å². The highest BCUT2D eigenvalue weighted by Gasteiger charge is 2.28. The summed E-state index contributed by atoms with van der Waals surface area (Å²) in [6.07, 6.45) is 1.24. The second-order valence-corrected chi connectivity index (χ2v) is 4.99. The fraction of sp³-hybridized carbons (Fsp3) is 0.571. The molecule has 0 saturated carbocycles. The first-order valence-electron chi connectivity index (χ1n) is 6.23. The summed E-state index contributed by atoms with van der Waals surface area (Å²) in [6.45, 7) is 6.75. The molecule has 88 valence electrons. The minimum atomic E-state index is 0.327. The molecule has 0 aromatic heterocycles. The third-order valence-corrected chi connectivity index (χ3v) is 3.83. The Hall–Kier alpha value is -0.860. The lowest BCUT2D eigenvalue weighted by Gasteiger charge is -2.25. The summed E-state index contributed by atoms with van der Waals surface area (Å²) in [4.78, 5) is 2.54. The summed E-state index contributed by atoms with van der Waals surface area (Å²) in [5.41, 5.74) is 7.38. The zero-order chi connectivity index (χ0) is 11.5. The van der Waals surface area contributed by atoms with Crippen LogP contribution in [0, 0.1) is 5.92 Å². The first-order valence-corrected chi connectivity index (χ1v) is 6.23. The van der Waals surface area contributed by atoms with Crippen LogP contribution in [-0.2, 0) is 0 Å². The number of likely N-dealkylation sites (tertiary alicyclic amines) is 1. The van der Waals surface area contributed by atoms with Crippen LogP contribution in [0.15, 0.2) is 30.3 Å². The summed E-state index contributed by atoms with van der Waals surface area (Å²) in [7, 11) is 0. The Bertz CT molecular complexity index is 321. The molecule has 1 fully saturated rings. The summed E-state index contributed by atoms with van der Waals surface area (Å²) in [5.74, 6) is 0.672. The highest BCUT2D eigenvalue weighted by molar-refractivity contribution is 5.18. The molecule has 2 N–H and O–H groups in total. The van der Waals surface area contributed by atoms with Gasteiger partial charge in [0.2, 0.25) is 0 Å². The van der Waals surface area contributed by atoms with E-state index >= 15 is 0 Å². The van der Waals surface area contributed by atoms with Crippen LogP contribution in [0.4, 0.5) is 0 Å². The van der Waals surface area contributed by atoms with Crippen molar-refractivity contribution in [3.63, 3.8) is 0 Å². The van der Waals surface area contributed by atoms with Crippen LogP contribution < -0.4 is 5.73 Å². The Morgan fingerprint density at radius 2 is 1.94 bits per heavy atom. The topological polar surface area (TPSA) is 29.3 Å². The Labute approximate surface area is 98.4 Å². The molecule has 2 heteroatoms. The molecule has 16 heavy (non-hydrogen) atoms. The zero-order valence-electron chi connectivity index (χ0n) is 10.3. The molecule has 0 amide bonds. The summed E-state index contributed by atoms with van der Waals surface area (Å²) in [6, 6.07) is 11.6. The second kappa shape index (κ2) is 4.98. The van der Waals surface area contributed by atoms with Gasteiger partial charge in [0.15, 0.2) is 0 Å². The van der Waals surface area contributed by atoms with Crippen LogP contribution in [0.3, 0.4) is 0 Å². The van der Waals surface area contributed by atoms with E-state index in [9.17, 15) is 0 Å². The van der Waals surface area contributed by atoms with Crippen LogP contribution in [-0.4, -0.2) is 24.0 Å². The normalized spacial score (nSPS) is 25.6. The molecule has 2 unspecified atom stereocenters. The van der Waals surface area contributed by atoms with Crippen molar-refractivity contribution in [2.24, 2.45) is 11.7 Å². The lowest BCUT2D eigenvalue weighted by atomic mass is 10.0. The molecule has 2 rings (SSSR count). The van der Waals surface area contributed by atoms with Crippen molar-refractivity contribution in [1.29, 1.82) is 0 Å². The zero-order valence-corrected chi connectivity index (χ0v) is 10.3. The van der Waals surface area contributed by atoms with Crippen molar-refractivity contribution in [1.82, 2.24) is 4.90 Å². The highest BCUT2D eigenvalue weighted by atomic mass is 15.2. The average molecular weight is 218 g/mol. The van der Waals surface area contributed by atoms with Crippen molar-refractivity contribution in [2.75, 3.05) is 13.1 Å². The molecule has 2 nitrogen and oxygen atoms in total. The van der Waals surface area contributed by atoms with Crippen LogP contribution in [0.5, 0.6) is 0 Å². The first kappa shape index (κ1) is 11.6. The number of benzene rings is 1. The molecule has 1 aliphatic heterocycles. The van der Waals surface area contributed by atoms with Crippen LogP contribution >= 0.6 is 0 Å². The number of nitrogens with two attached hydrogens (primary N) is 1. The SMILES string of the molecule is CC(N)C1CCN([C@@H](C)c2ccccc2)C1. The number of nitrogens with zero attached hydrogens (tertiary/aromatic N) is 1. The number of hydrogen-bond donors (Lipinski definition) is 1. The molecule has 1 aromatic rings. The van der Waals surface area contributed by atoms with E-state index < -0.39 is 0 Å². The van der Waals surface area contributed by atoms with Gasteiger partial charge in [-0.3, -0.25) is 4.90 Å². The van der Waals surface area contributed by atoms with E-state index in [0.717, 1.165) is 6.54 Å². The number of rotatable bonds is 3. The van der Waals surface area contributed by atoms with Crippen LogP contribution in [0.2, 0.25) is 0 Å². The molecule has 1 saturated heterocycles. The molecule has 0 spiro atoms. The number of hydrogen-bond acceptors (Lipinski definition) is 2. The molecule has 1 aliphatic rings. The molecule has 3 atom stereocenters. The van der Waals surface area contributed by atoms with Gasteiger partial charge in [0.25, 0.3) is 0 Å². The van der Waals surface area contributed by atoms with Gasteiger partial charge in [-0.1, -0.05) is 30.3 Å². The van der Waals surface area contributed by atoms with E-state index in [-0.39, 0.29) is 0 Å². The Balaban J connectivity index is 2.00. The average Bonchev–Trinajstić information content (AvgIpc) is 2.78. The minimum absolute atomic E-state index is 0.327. The molecule has 1 heterocycles. The standard InChI is InChI=1S/C14H22N2/c1-11(15)14-8-9-16(10-14)12(2)13-6-4-3-5-7-13/h3-7,11-12,14H,8-10,15H2,1-2H3/t11?,12-,14?/m0/s1. The lowest BCUT2D eigenvalue weighted by molar-refractivity contribution is 0.248. The van der Waals surface area contributed by atoms with Gasteiger partial charge >= 0.3 is 0 Å². The fourth-order valence-electron chi connectivity index (χ4n) is 2.54. The quantitative estimate of drug-likeness (QED) is 0.844. The van der Waals surface area contributed by atoms with Gasteiger partial charge in [-0.15, -0.1) is 0 Å². The predicted molar refractivity (Wildman–Crippen MR) is 68.2 cm³/mol. The molecule has 1 aromatic carbocycles. The molecule has 0 radical (unpaired) electrons. The molecule has 0 aliphatic carbocycles. The maximum Gasteiger partial charge on any atom is 0.0320 e. The first-order chi connectivity index (χ1) is 7.68. The van der Waals surface area contributed by atoms with Gasteiger partial charge in [-0.25, -0.2) is 0 Å². The largest absolute Gasteiger partial charge is 0.328 e. The van der Waals surface area contributed by atoms with Crippen molar-refractivity contribution in [2.45, 2.75) is 32.4 Å². The van der Waals surface area contributed by atoms with E-state index in [0.29, 0.717) is 18.0 Å². The highest BCUT2D eigenvalue weighted by Crippen LogP contribution is 2.28. The summed E-state index contributed by atoms with van der Waals surface area (Å²) >= 11 is 0. The fourth-order valence-corrected chi connectivity index (χ4v) is 2.54. The third kappa shape index (κ3) is 2.45.